The van der Waals surface area contributed by atoms with Gasteiger partial charge >= 0.3 is 0 Å². The molecule has 1 amide bonds. The largest absolute Gasteiger partial charge is 0.396 e. The van der Waals surface area contributed by atoms with Gasteiger partial charge in [-0.05, 0) is 48.8 Å². The number of carbonyl (C=O) groups excluding carboxylic acids is 1. The van der Waals surface area contributed by atoms with Crippen molar-refractivity contribution in [3.05, 3.63) is 35.6 Å². The molecule has 0 radical (unpaired) electrons. The minimum absolute atomic E-state index is 0.00828. The normalized spacial score (nSPS) is 23.4. The SMILES string of the molecule is CC[C@@H](C[C@H](C)CO)NC(=O)[C@@H]1C[C@H]1c1ccc(F)cc1. The Labute approximate surface area is 125 Å². The predicted octanol–water partition coefficient (Wildman–Crippen LogP) is 2.84. The quantitative estimate of drug-likeness (QED) is 0.812. The molecule has 4 atom stereocenters. The number of aliphatic hydroxyl groups is 1. The highest BCUT2D eigenvalue weighted by molar-refractivity contribution is 5.83. The van der Waals surface area contributed by atoms with E-state index in [9.17, 15) is 9.18 Å². The topological polar surface area (TPSA) is 49.3 Å². The van der Waals surface area contributed by atoms with Crippen LogP contribution in [0.5, 0.6) is 0 Å². The number of carbonyl (C=O) groups is 1. The molecule has 0 aromatic heterocycles. The second-order valence-corrected chi connectivity index (χ2v) is 6.14. The zero-order chi connectivity index (χ0) is 15.4. The lowest BCUT2D eigenvalue weighted by molar-refractivity contribution is -0.123. The van der Waals surface area contributed by atoms with Crippen LogP contribution in [0.15, 0.2) is 24.3 Å². The lowest BCUT2D eigenvalue weighted by Gasteiger charge is -2.20. The fourth-order valence-electron chi connectivity index (χ4n) is 2.76. The van der Waals surface area contributed by atoms with Crippen LogP contribution in [0.3, 0.4) is 0 Å². The van der Waals surface area contributed by atoms with Gasteiger partial charge in [0.25, 0.3) is 0 Å². The van der Waals surface area contributed by atoms with Crippen LogP contribution in [0.2, 0.25) is 0 Å². The van der Waals surface area contributed by atoms with Crippen molar-refractivity contribution in [2.24, 2.45) is 11.8 Å². The Morgan fingerprint density at radius 2 is 2.10 bits per heavy atom. The van der Waals surface area contributed by atoms with Crippen molar-refractivity contribution in [3.63, 3.8) is 0 Å². The number of halogens is 1. The number of hydrogen-bond donors (Lipinski definition) is 2. The maximum absolute atomic E-state index is 12.9. The summed E-state index contributed by atoms with van der Waals surface area (Å²) in [5.74, 6) is 0.264. The van der Waals surface area contributed by atoms with E-state index < -0.39 is 0 Å². The van der Waals surface area contributed by atoms with E-state index in [1.165, 1.54) is 12.1 Å². The molecule has 1 saturated carbocycles. The molecule has 4 heteroatoms. The third-order valence-electron chi connectivity index (χ3n) is 4.26. The fourth-order valence-corrected chi connectivity index (χ4v) is 2.76. The van der Waals surface area contributed by atoms with E-state index in [0.717, 1.165) is 24.8 Å². The van der Waals surface area contributed by atoms with Crippen LogP contribution >= 0.6 is 0 Å². The molecule has 1 aliphatic rings. The van der Waals surface area contributed by atoms with Gasteiger partial charge in [-0.15, -0.1) is 0 Å². The summed E-state index contributed by atoms with van der Waals surface area (Å²) in [5, 5.41) is 12.2. The van der Waals surface area contributed by atoms with Crippen molar-refractivity contribution in [2.45, 2.75) is 45.1 Å². The Morgan fingerprint density at radius 3 is 2.67 bits per heavy atom. The van der Waals surface area contributed by atoms with Crippen LogP contribution < -0.4 is 5.32 Å². The summed E-state index contributed by atoms with van der Waals surface area (Å²) >= 11 is 0. The summed E-state index contributed by atoms with van der Waals surface area (Å²) in [4.78, 5) is 12.2. The number of amides is 1. The van der Waals surface area contributed by atoms with Crippen molar-refractivity contribution in [1.82, 2.24) is 5.32 Å². The van der Waals surface area contributed by atoms with Crippen molar-refractivity contribution in [3.8, 4) is 0 Å². The number of nitrogens with one attached hydrogen (secondary N) is 1. The Morgan fingerprint density at radius 1 is 1.43 bits per heavy atom. The Hall–Kier alpha value is -1.42. The zero-order valence-electron chi connectivity index (χ0n) is 12.7. The van der Waals surface area contributed by atoms with E-state index >= 15 is 0 Å². The Kier molecular flexibility index (Phi) is 5.34. The second-order valence-electron chi connectivity index (χ2n) is 6.14. The van der Waals surface area contributed by atoms with E-state index in [1.807, 2.05) is 13.8 Å². The van der Waals surface area contributed by atoms with Crippen molar-refractivity contribution in [2.75, 3.05) is 6.61 Å². The highest BCUT2D eigenvalue weighted by Gasteiger charge is 2.44. The maximum atomic E-state index is 12.9. The molecule has 0 aliphatic heterocycles. The Bertz CT molecular complexity index is 474. The smallest absolute Gasteiger partial charge is 0.223 e. The summed E-state index contributed by atoms with van der Waals surface area (Å²) in [6.45, 7) is 4.17. The standard InChI is InChI=1S/C17H24FNO2/c1-3-14(8-11(2)10-20)19-17(21)16-9-15(16)12-4-6-13(18)7-5-12/h4-7,11,14-16,20H,3,8-10H2,1-2H3,(H,19,21)/t11-,14-,15-,16+/m0/s1. The van der Waals surface area contributed by atoms with Gasteiger partial charge in [0.1, 0.15) is 5.82 Å². The third kappa shape index (κ3) is 4.27. The van der Waals surface area contributed by atoms with Gasteiger partial charge in [0.15, 0.2) is 0 Å². The highest BCUT2D eigenvalue weighted by Crippen LogP contribution is 2.47. The molecule has 1 fully saturated rings. The Balaban J connectivity index is 1.86. The minimum atomic E-state index is -0.246. The van der Waals surface area contributed by atoms with Gasteiger partial charge in [0.05, 0.1) is 0 Å². The van der Waals surface area contributed by atoms with Crippen LogP contribution in [-0.4, -0.2) is 23.7 Å². The third-order valence-corrected chi connectivity index (χ3v) is 4.26. The first-order valence-corrected chi connectivity index (χ1v) is 7.71. The first-order chi connectivity index (χ1) is 10.0. The predicted molar refractivity (Wildman–Crippen MR) is 80.3 cm³/mol. The summed E-state index contributed by atoms with van der Waals surface area (Å²) < 4.78 is 12.9. The van der Waals surface area contributed by atoms with E-state index in [1.54, 1.807) is 12.1 Å². The van der Waals surface area contributed by atoms with Gasteiger partial charge in [-0.25, -0.2) is 4.39 Å². The first-order valence-electron chi connectivity index (χ1n) is 7.71. The number of aliphatic hydroxyl groups excluding tert-OH is 1. The average molecular weight is 293 g/mol. The molecule has 116 valence electrons. The maximum Gasteiger partial charge on any atom is 0.223 e. The van der Waals surface area contributed by atoms with E-state index in [4.69, 9.17) is 5.11 Å². The number of benzene rings is 1. The van der Waals surface area contributed by atoms with Gasteiger partial charge in [0, 0.05) is 18.6 Å². The second kappa shape index (κ2) is 7.03. The van der Waals surface area contributed by atoms with Gasteiger partial charge in [0.2, 0.25) is 5.91 Å². The molecule has 1 aromatic rings. The highest BCUT2D eigenvalue weighted by atomic mass is 19.1. The molecule has 0 spiro atoms. The molecule has 0 saturated heterocycles. The van der Waals surface area contributed by atoms with Crippen molar-refractivity contribution >= 4 is 5.91 Å². The summed E-state index contributed by atoms with van der Waals surface area (Å²) in [6, 6.07) is 6.53. The van der Waals surface area contributed by atoms with Crippen LogP contribution in [0, 0.1) is 17.7 Å². The number of rotatable bonds is 7. The van der Waals surface area contributed by atoms with Crippen LogP contribution in [0.4, 0.5) is 4.39 Å². The lowest BCUT2D eigenvalue weighted by Crippen LogP contribution is -2.37. The molecule has 0 bridgehead atoms. The van der Waals surface area contributed by atoms with Gasteiger partial charge in [-0.3, -0.25) is 4.79 Å². The van der Waals surface area contributed by atoms with Gasteiger partial charge in [-0.1, -0.05) is 26.0 Å². The molecular formula is C17H24FNO2. The van der Waals surface area contributed by atoms with Crippen molar-refractivity contribution in [1.29, 1.82) is 0 Å². The van der Waals surface area contributed by atoms with Gasteiger partial charge in [-0.2, -0.15) is 0 Å². The van der Waals surface area contributed by atoms with Crippen LogP contribution in [0.1, 0.15) is 44.6 Å². The number of hydrogen-bond acceptors (Lipinski definition) is 2. The van der Waals surface area contributed by atoms with Crippen LogP contribution in [0.25, 0.3) is 0 Å². The monoisotopic (exact) mass is 293 g/mol. The summed E-state index contributed by atoms with van der Waals surface area (Å²) in [6.07, 6.45) is 2.50. The molecule has 3 nitrogen and oxygen atoms in total. The van der Waals surface area contributed by atoms with E-state index in [2.05, 4.69) is 5.32 Å². The molecular weight excluding hydrogens is 269 g/mol. The average Bonchev–Trinajstić information content (AvgIpc) is 3.27. The van der Waals surface area contributed by atoms with E-state index in [-0.39, 0.29) is 42.1 Å². The molecule has 21 heavy (non-hydrogen) atoms. The van der Waals surface area contributed by atoms with Crippen LogP contribution in [-0.2, 0) is 4.79 Å². The fraction of sp³-hybridized carbons (Fsp3) is 0.588. The molecule has 2 rings (SSSR count). The van der Waals surface area contributed by atoms with Crippen molar-refractivity contribution < 1.29 is 14.3 Å². The first kappa shape index (κ1) is 16.0. The molecule has 1 aliphatic carbocycles. The zero-order valence-corrected chi connectivity index (χ0v) is 12.7. The molecule has 0 unspecified atom stereocenters. The summed E-state index contributed by atoms with van der Waals surface area (Å²) in [7, 11) is 0. The summed E-state index contributed by atoms with van der Waals surface area (Å²) in [5.41, 5.74) is 1.04. The molecule has 0 heterocycles. The molecule has 2 N–H and O–H groups in total. The van der Waals surface area contributed by atoms with E-state index in [0.29, 0.717) is 0 Å². The minimum Gasteiger partial charge on any atom is -0.396 e. The lowest BCUT2D eigenvalue weighted by atomic mass is 10.0. The van der Waals surface area contributed by atoms with Gasteiger partial charge < -0.3 is 10.4 Å². The molecule has 1 aromatic carbocycles.